The van der Waals surface area contributed by atoms with Gasteiger partial charge in [-0.25, -0.2) is 9.37 Å². The van der Waals surface area contributed by atoms with Gasteiger partial charge in [-0.3, -0.25) is 0 Å². The fourth-order valence-corrected chi connectivity index (χ4v) is 3.55. The summed E-state index contributed by atoms with van der Waals surface area (Å²) in [6.07, 6.45) is 8.97. The first kappa shape index (κ1) is 15.3. The molecule has 126 valence electrons. The molecule has 1 aliphatic heterocycles. The van der Waals surface area contributed by atoms with Gasteiger partial charge in [0.1, 0.15) is 5.82 Å². The van der Waals surface area contributed by atoms with E-state index in [-0.39, 0.29) is 5.82 Å². The monoisotopic (exact) mass is 328 g/mol. The molecule has 0 amide bonds. The molecular weight excluding hydrogens is 307 g/mol. The molecule has 0 atom stereocenters. The maximum Gasteiger partial charge on any atom is 0.170 e. The van der Waals surface area contributed by atoms with Gasteiger partial charge in [0.2, 0.25) is 0 Å². The number of hydrogen-bond donors (Lipinski definition) is 0. The van der Waals surface area contributed by atoms with Gasteiger partial charge in [0.15, 0.2) is 5.58 Å². The summed E-state index contributed by atoms with van der Waals surface area (Å²) >= 11 is 0. The second kappa shape index (κ2) is 6.73. The van der Waals surface area contributed by atoms with Crippen molar-refractivity contribution in [3.05, 3.63) is 48.4 Å². The van der Waals surface area contributed by atoms with Gasteiger partial charge in [-0.05, 0) is 51.0 Å². The molecule has 24 heavy (non-hydrogen) atoms. The van der Waals surface area contributed by atoms with Gasteiger partial charge >= 0.3 is 0 Å². The number of aryl methyl sites for hydroxylation is 1. The third-order valence-electron chi connectivity index (χ3n) is 4.89. The molecule has 1 saturated heterocycles. The zero-order chi connectivity index (χ0) is 16.4. The normalized spacial score (nSPS) is 16.9. The number of hydrogen-bond acceptors (Lipinski definition) is 4. The summed E-state index contributed by atoms with van der Waals surface area (Å²) in [6, 6.07) is 4.68. The van der Waals surface area contributed by atoms with Crippen LogP contribution in [0.1, 0.15) is 30.9 Å². The number of rotatable bonds is 5. The first-order valence-electron chi connectivity index (χ1n) is 8.52. The van der Waals surface area contributed by atoms with Crippen molar-refractivity contribution in [1.29, 1.82) is 0 Å². The van der Waals surface area contributed by atoms with Crippen molar-refractivity contribution < 1.29 is 8.91 Å². The zero-order valence-electron chi connectivity index (χ0n) is 13.6. The summed E-state index contributed by atoms with van der Waals surface area (Å²) in [6.45, 7) is 4.27. The Labute approximate surface area is 140 Å². The van der Waals surface area contributed by atoms with Crippen molar-refractivity contribution in [3.8, 4) is 0 Å². The highest BCUT2D eigenvalue weighted by Crippen LogP contribution is 2.32. The van der Waals surface area contributed by atoms with Gasteiger partial charge in [-0.2, -0.15) is 0 Å². The smallest absolute Gasteiger partial charge is 0.170 e. The van der Waals surface area contributed by atoms with E-state index >= 15 is 0 Å². The lowest BCUT2D eigenvalue weighted by Gasteiger charge is -2.31. The molecular formula is C18H21FN4O. The molecule has 6 heteroatoms. The minimum atomic E-state index is -0.280. The fourth-order valence-electron chi connectivity index (χ4n) is 3.55. The summed E-state index contributed by atoms with van der Waals surface area (Å²) in [7, 11) is 0. The fraction of sp³-hybridized carbons (Fsp3) is 0.444. The minimum absolute atomic E-state index is 0.280. The van der Waals surface area contributed by atoms with Crippen LogP contribution in [-0.2, 0) is 6.54 Å². The molecule has 1 aromatic carbocycles. The molecule has 3 aromatic rings. The number of imidazole rings is 1. The minimum Gasteiger partial charge on any atom is -0.356 e. The lowest BCUT2D eigenvalue weighted by atomic mass is 9.91. The van der Waals surface area contributed by atoms with Crippen LogP contribution in [-0.4, -0.2) is 39.2 Å². The zero-order valence-corrected chi connectivity index (χ0v) is 13.6. The van der Waals surface area contributed by atoms with Crippen molar-refractivity contribution >= 4 is 11.0 Å². The van der Waals surface area contributed by atoms with Crippen LogP contribution in [0.4, 0.5) is 4.39 Å². The molecule has 0 aliphatic carbocycles. The van der Waals surface area contributed by atoms with Gasteiger partial charge in [0.05, 0.1) is 12.0 Å². The quantitative estimate of drug-likeness (QED) is 0.720. The highest BCUT2D eigenvalue weighted by Gasteiger charge is 2.24. The average Bonchev–Trinajstić information content (AvgIpc) is 3.25. The second-order valence-corrected chi connectivity index (χ2v) is 6.48. The topological polar surface area (TPSA) is 47.1 Å². The Kier molecular flexibility index (Phi) is 4.30. The third kappa shape index (κ3) is 3.19. The third-order valence-corrected chi connectivity index (χ3v) is 4.89. The maximum absolute atomic E-state index is 13.3. The molecule has 2 aromatic heterocycles. The largest absolute Gasteiger partial charge is 0.356 e. The van der Waals surface area contributed by atoms with Crippen molar-refractivity contribution in [2.24, 2.45) is 0 Å². The number of likely N-dealkylation sites (tertiary alicyclic amines) is 1. The van der Waals surface area contributed by atoms with E-state index in [9.17, 15) is 4.39 Å². The molecule has 0 unspecified atom stereocenters. The Morgan fingerprint density at radius 1 is 1.21 bits per heavy atom. The Balaban J connectivity index is 1.32. The van der Waals surface area contributed by atoms with Crippen LogP contribution in [0, 0.1) is 5.82 Å². The van der Waals surface area contributed by atoms with E-state index in [1.54, 1.807) is 6.07 Å². The number of aromatic nitrogens is 3. The Bertz CT molecular complexity index is 791. The summed E-state index contributed by atoms with van der Waals surface area (Å²) in [4.78, 5) is 6.58. The van der Waals surface area contributed by atoms with Crippen molar-refractivity contribution in [1.82, 2.24) is 19.6 Å². The van der Waals surface area contributed by atoms with Crippen LogP contribution in [0.2, 0.25) is 0 Å². The molecule has 1 aliphatic rings. The van der Waals surface area contributed by atoms with Crippen molar-refractivity contribution in [2.75, 3.05) is 19.6 Å². The van der Waals surface area contributed by atoms with Crippen LogP contribution in [0.5, 0.6) is 0 Å². The maximum atomic E-state index is 13.3. The van der Waals surface area contributed by atoms with Gasteiger partial charge in [0, 0.05) is 36.3 Å². The van der Waals surface area contributed by atoms with Crippen LogP contribution in [0.25, 0.3) is 11.0 Å². The molecule has 0 bridgehead atoms. The lowest BCUT2D eigenvalue weighted by Crippen LogP contribution is -2.34. The summed E-state index contributed by atoms with van der Waals surface area (Å²) in [5.41, 5.74) is 1.54. The lowest BCUT2D eigenvalue weighted by molar-refractivity contribution is 0.204. The summed E-state index contributed by atoms with van der Waals surface area (Å²) in [5.74, 6) is 0.125. The van der Waals surface area contributed by atoms with Gasteiger partial charge in [-0.15, -0.1) is 0 Å². The van der Waals surface area contributed by atoms with Crippen molar-refractivity contribution in [3.63, 3.8) is 0 Å². The number of benzene rings is 1. The molecule has 0 spiro atoms. The van der Waals surface area contributed by atoms with E-state index in [4.69, 9.17) is 4.52 Å². The Morgan fingerprint density at radius 3 is 2.88 bits per heavy atom. The van der Waals surface area contributed by atoms with Crippen molar-refractivity contribution in [2.45, 2.75) is 31.7 Å². The predicted octanol–water partition coefficient (Wildman–Crippen LogP) is 3.43. The molecule has 4 rings (SSSR count). The first-order chi connectivity index (χ1) is 11.8. The summed E-state index contributed by atoms with van der Waals surface area (Å²) in [5, 5.41) is 5.16. The van der Waals surface area contributed by atoms with E-state index in [0.717, 1.165) is 56.5 Å². The molecule has 5 nitrogen and oxygen atoms in total. The van der Waals surface area contributed by atoms with E-state index in [2.05, 4.69) is 19.6 Å². The standard InChI is InChI=1S/C18H21FN4O/c19-15-2-3-16-17(12-15)24-21-18(16)14-4-9-22(10-5-14)7-1-8-23-11-6-20-13-23/h2-3,6,11-14H,1,4-5,7-10H2. The average molecular weight is 328 g/mol. The molecule has 0 radical (unpaired) electrons. The van der Waals surface area contributed by atoms with Gasteiger partial charge in [0.25, 0.3) is 0 Å². The highest BCUT2D eigenvalue weighted by atomic mass is 19.1. The molecule has 0 N–H and O–H groups in total. The van der Waals surface area contributed by atoms with E-state index < -0.39 is 0 Å². The number of piperidine rings is 1. The van der Waals surface area contributed by atoms with Crippen LogP contribution in [0.3, 0.4) is 0 Å². The number of nitrogens with zero attached hydrogens (tertiary/aromatic N) is 4. The van der Waals surface area contributed by atoms with E-state index in [1.165, 1.54) is 12.1 Å². The predicted molar refractivity (Wildman–Crippen MR) is 89.2 cm³/mol. The van der Waals surface area contributed by atoms with E-state index in [0.29, 0.717) is 11.5 Å². The highest BCUT2D eigenvalue weighted by molar-refractivity contribution is 5.79. The Hall–Kier alpha value is -2.21. The van der Waals surface area contributed by atoms with Crippen LogP contribution < -0.4 is 0 Å². The number of fused-ring (bicyclic) bond motifs is 1. The molecule has 0 saturated carbocycles. The van der Waals surface area contributed by atoms with E-state index in [1.807, 2.05) is 18.7 Å². The summed E-state index contributed by atoms with van der Waals surface area (Å²) < 4.78 is 20.7. The van der Waals surface area contributed by atoms with Gasteiger partial charge < -0.3 is 14.0 Å². The first-order valence-corrected chi connectivity index (χ1v) is 8.52. The number of halogens is 1. The Morgan fingerprint density at radius 2 is 2.08 bits per heavy atom. The SMILES string of the molecule is Fc1ccc2c(C3CCN(CCCn4ccnc4)CC3)noc2c1. The van der Waals surface area contributed by atoms with Gasteiger partial charge in [-0.1, -0.05) is 5.16 Å². The van der Waals surface area contributed by atoms with Crippen LogP contribution >= 0.6 is 0 Å². The molecule has 1 fully saturated rings. The molecule has 3 heterocycles. The van der Waals surface area contributed by atoms with Crippen LogP contribution in [0.15, 0.2) is 41.4 Å². The second-order valence-electron chi connectivity index (χ2n) is 6.48.